The number of nitrogens with one attached hydrogen (secondary N) is 1. The molecular formula is C14H17N3O3S. The van der Waals surface area contributed by atoms with Gasteiger partial charge in [-0.25, -0.2) is 13.1 Å². The van der Waals surface area contributed by atoms with Crippen molar-refractivity contribution >= 4 is 26.7 Å². The van der Waals surface area contributed by atoms with E-state index in [2.05, 4.69) is 9.71 Å². The minimum atomic E-state index is -3.25. The van der Waals surface area contributed by atoms with E-state index in [-0.39, 0.29) is 19.0 Å². The Morgan fingerprint density at radius 3 is 2.71 bits per heavy atom. The third-order valence-corrected chi connectivity index (χ3v) is 3.79. The van der Waals surface area contributed by atoms with Crippen LogP contribution in [-0.4, -0.2) is 50.6 Å². The van der Waals surface area contributed by atoms with Gasteiger partial charge in [0.25, 0.3) is 5.91 Å². The Hall–Kier alpha value is -1.99. The summed E-state index contributed by atoms with van der Waals surface area (Å²) in [6, 6.07) is 7.51. The molecule has 2 aromatic rings. The van der Waals surface area contributed by atoms with Crippen LogP contribution in [0.1, 0.15) is 10.4 Å². The number of nitrogens with zero attached hydrogens (tertiary/aromatic N) is 2. The summed E-state index contributed by atoms with van der Waals surface area (Å²) in [5.41, 5.74) is 0.509. The molecule has 6 nitrogen and oxygen atoms in total. The fourth-order valence-electron chi connectivity index (χ4n) is 1.99. The first-order chi connectivity index (χ1) is 9.88. The van der Waals surface area contributed by atoms with Crippen LogP contribution in [0.2, 0.25) is 0 Å². The minimum Gasteiger partial charge on any atom is -0.340 e. The van der Waals surface area contributed by atoms with E-state index in [1.54, 1.807) is 13.2 Å². The third-order valence-electron chi connectivity index (χ3n) is 3.06. The van der Waals surface area contributed by atoms with Crippen LogP contribution < -0.4 is 4.72 Å². The number of carbonyl (C=O) groups excluding carboxylic acids is 1. The number of hydrogen-bond acceptors (Lipinski definition) is 4. The molecular weight excluding hydrogens is 290 g/mol. The Kier molecular flexibility index (Phi) is 4.54. The van der Waals surface area contributed by atoms with Crippen LogP contribution >= 0.6 is 0 Å². The van der Waals surface area contributed by atoms with E-state index in [0.29, 0.717) is 5.56 Å². The highest BCUT2D eigenvalue weighted by atomic mass is 32.2. The van der Waals surface area contributed by atoms with Gasteiger partial charge in [-0.05, 0) is 5.39 Å². The van der Waals surface area contributed by atoms with Crippen molar-refractivity contribution in [3.05, 3.63) is 42.2 Å². The van der Waals surface area contributed by atoms with Gasteiger partial charge in [0.15, 0.2) is 0 Å². The number of aromatic nitrogens is 1. The van der Waals surface area contributed by atoms with Gasteiger partial charge in [-0.1, -0.05) is 24.3 Å². The van der Waals surface area contributed by atoms with E-state index in [9.17, 15) is 13.2 Å². The second kappa shape index (κ2) is 6.19. The molecule has 1 N–H and O–H groups in total. The molecule has 0 fully saturated rings. The maximum absolute atomic E-state index is 12.4. The number of fused-ring (bicyclic) bond motifs is 1. The van der Waals surface area contributed by atoms with Crippen molar-refractivity contribution in [1.82, 2.24) is 14.6 Å². The summed E-state index contributed by atoms with van der Waals surface area (Å²) in [7, 11) is -1.61. The Morgan fingerprint density at radius 1 is 1.29 bits per heavy atom. The van der Waals surface area contributed by atoms with Gasteiger partial charge in [0.2, 0.25) is 10.0 Å². The fraction of sp³-hybridized carbons (Fsp3) is 0.286. The van der Waals surface area contributed by atoms with Crippen LogP contribution in [-0.2, 0) is 10.0 Å². The molecule has 0 atom stereocenters. The van der Waals surface area contributed by atoms with Crippen molar-refractivity contribution in [2.45, 2.75) is 0 Å². The summed E-state index contributed by atoms with van der Waals surface area (Å²) < 4.78 is 24.4. The van der Waals surface area contributed by atoms with Crippen molar-refractivity contribution in [2.24, 2.45) is 0 Å². The summed E-state index contributed by atoms with van der Waals surface area (Å²) in [5, 5.41) is 1.73. The van der Waals surface area contributed by atoms with Gasteiger partial charge in [0.05, 0.1) is 11.8 Å². The topological polar surface area (TPSA) is 79.4 Å². The highest BCUT2D eigenvalue weighted by Gasteiger charge is 2.15. The normalized spacial score (nSPS) is 11.5. The number of pyridine rings is 1. The van der Waals surface area contributed by atoms with E-state index < -0.39 is 10.0 Å². The number of benzene rings is 1. The van der Waals surface area contributed by atoms with Crippen molar-refractivity contribution in [3.8, 4) is 0 Å². The number of carbonyl (C=O) groups is 1. The molecule has 0 aliphatic carbocycles. The number of hydrogen-bond donors (Lipinski definition) is 1. The molecule has 0 unspecified atom stereocenters. The molecule has 0 spiro atoms. The highest BCUT2D eigenvalue weighted by Crippen LogP contribution is 2.18. The molecule has 0 aliphatic heterocycles. The maximum Gasteiger partial charge on any atom is 0.255 e. The molecule has 0 bridgehead atoms. The number of likely N-dealkylation sites (N-methyl/N-ethyl adjacent to an activating group) is 1. The summed E-state index contributed by atoms with van der Waals surface area (Å²) in [6.45, 7) is 0.467. The van der Waals surface area contributed by atoms with Crippen molar-refractivity contribution in [3.63, 3.8) is 0 Å². The van der Waals surface area contributed by atoms with Crippen molar-refractivity contribution < 1.29 is 13.2 Å². The zero-order valence-electron chi connectivity index (χ0n) is 11.9. The quantitative estimate of drug-likeness (QED) is 0.888. The second-order valence-corrected chi connectivity index (χ2v) is 6.63. The maximum atomic E-state index is 12.4. The van der Waals surface area contributed by atoms with Crippen molar-refractivity contribution in [2.75, 3.05) is 26.4 Å². The standard InChI is InChI=1S/C14H17N3O3S/c1-17(8-7-16-21(2,19)20)14(18)13-10-15-9-11-5-3-4-6-12(11)13/h3-6,9-10,16H,7-8H2,1-2H3. The van der Waals surface area contributed by atoms with Crippen LogP contribution in [0.25, 0.3) is 10.8 Å². The Labute approximate surface area is 123 Å². The molecule has 1 heterocycles. The summed E-state index contributed by atoms with van der Waals surface area (Å²) in [4.78, 5) is 18.0. The lowest BCUT2D eigenvalue weighted by Gasteiger charge is -2.18. The molecule has 0 saturated carbocycles. The first kappa shape index (κ1) is 15.4. The smallest absolute Gasteiger partial charge is 0.255 e. The van der Waals surface area contributed by atoms with Crippen LogP contribution in [0.5, 0.6) is 0 Å². The molecule has 1 amide bonds. The molecule has 7 heteroatoms. The molecule has 0 saturated heterocycles. The van der Waals surface area contributed by atoms with E-state index >= 15 is 0 Å². The molecule has 0 aliphatic rings. The van der Waals surface area contributed by atoms with Crippen molar-refractivity contribution in [1.29, 1.82) is 0 Å². The predicted molar refractivity (Wildman–Crippen MR) is 81.6 cm³/mol. The number of sulfonamides is 1. The van der Waals surface area contributed by atoms with Crippen LogP contribution in [0, 0.1) is 0 Å². The monoisotopic (exact) mass is 307 g/mol. The molecule has 0 radical (unpaired) electrons. The average molecular weight is 307 g/mol. The molecule has 1 aromatic heterocycles. The SMILES string of the molecule is CN(CCNS(C)(=O)=O)C(=O)c1cncc2ccccc12. The Bertz CT molecular complexity index is 754. The number of amides is 1. The van der Waals surface area contributed by atoms with E-state index in [1.165, 1.54) is 11.1 Å². The van der Waals surface area contributed by atoms with Gasteiger partial charge >= 0.3 is 0 Å². The van der Waals surface area contributed by atoms with E-state index in [4.69, 9.17) is 0 Å². The zero-order valence-corrected chi connectivity index (χ0v) is 12.7. The van der Waals surface area contributed by atoms with E-state index in [0.717, 1.165) is 17.0 Å². The largest absolute Gasteiger partial charge is 0.340 e. The summed E-state index contributed by atoms with van der Waals surface area (Å²) in [5.74, 6) is -0.186. The Balaban J connectivity index is 2.14. The lowest BCUT2D eigenvalue weighted by Crippen LogP contribution is -2.35. The molecule has 21 heavy (non-hydrogen) atoms. The first-order valence-corrected chi connectivity index (χ1v) is 8.30. The second-order valence-electron chi connectivity index (χ2n) is 4.80. The molecule has 1 aromatic carbocycles. The highest BCUT2D eigenvalue weighted by molar-refractivity contribution is 7.88. The average Bonchev–Trinajstić information content (AvgIpc) is 2.44. The first-order valence-electron chi connectivity index (χ1n) is 6.41. The van der Waals surface area contributed by atoms with Gasteiger partial charge < -0.3 is 4.90 Å². The van der Waals surface area contributed by atoms with Gasteiger partial charge in [-0.3, -0.25) is 9.78 Å². The third kappa shape index (κ3) is 3.99. The fourth-order valence-corrected chi connectivity index (χ4v) is 2.45. The van der Waals surface area contributed by atoms with Gasteiger partial charge in [0.1, 0.15) is 0 Å². The Morgan fingerprint density at radius 2 is 2.00 bits per heavy atom. The number of rotatable bonds is 5. The predicted octanol–water partition coefficient (Wildman–Crippen LogP) is 0.856. The van der Waals surface area contributed by atoms with Gasteiger partial charge in [0, 0.05) is 37.9 Å². The van der Waals surface area contributed by atoms with Crippen LogP contribution in [0.4, 0.5) is 0 Å². The van der Waals surface area contributed by atoms with E-state index in [1.807, 2.05) is 24.3 Å². The summed E-state index contributed by atoms with van der Waals surface area (Å²) in [6.07, 6.45) is 4.33. The van der Waals surface area contributed by atoms with Gasteiger partial charge in [-0.2, -0.15) is 0 Å². The van der Waals surface area contributed by atoms with Gasteiger partial charge in [-0.15, -0.1) is 0 Å². The summed E-state index contributed by atoms with van der Waals surface area (Å²) >= 11 is 0. The van der Waals surface area contributed by atoms with Crippen LogP contribution in [0.3, 0.4) is 0 Å². The zero-order chi connectivity index (χ0) is 15.5. The lowest BCUT2D eigenvalue weighted by atomic mass is 10.1. The van der Waals surface area contributed by atoms with Crippen LogP contribution in [0.15, 0.2) is 36.7 Å². The molecule has 112 valence electrons. The molecule has 2 rings (SSSR count). The minimum absolute atomic E-state index is 0.180. The lowest BCUT2D eigenvalue weighted by molar-refractivity contribution is 0.0799.